The van der Waals surface area contributed by atoms with E-state index in [9.17, 15) is 9.59 Å². The molecule has 0 heterocycles. The van der Waals surface area contributed by atoms with E-state index in [1.807, 2.05) is 48.5 Å². The normalized spacial score (nSPS) is 12.1. The van der Waals surface area contributed by atoms with Crippen molar-refractivity contribution in [1.82, 2.24) is 0 Å². The van der Waals surface area contributed by atoms with E-state index >= 15 is 0 Å². The molecule has 116 valence electrons. The predicted molar refractivity (Wildman–Crippen MR) is 102 cm³/mol. The Morgan fingerprint density at radius 2 is 1.04 bits per heavy atom. The van der Waals surface area contributed by atoms with Gasteiger partial charge in [0.15, 0.2) is 0 Å². The molecule has 0 aromatic heterocycles. The summed E-state index contributed by atoms with van der Waals surface area (Å²) in [5.74, 6) is 0. The standard InChI is InChI=1S/C19H14Br2O2/c20-18(9-11-22)16-5-1-14(2-6-16)13-15-3-7-17(8-4-15)19(21)10-12-23/h1-12H,13H2/b18-9-,19-10-. The fourth-order valence-corrected chi connectivity index (χ4v) is 2.86. The van der Waals surface area contributed by atoms with Crippen LogP contribution in [0.15, 0.2) is 60.7 Å². The van der Waals surface area contributed by atoms with Gasteiger partial charge in [-0.3, -0.25) is 9.59 Å². The summed E-state index contributed by atoms with van der Waals surface area (Å²) in [6.07, 6.45) is 5.31. The molecule has 0 atom stereocenters. The number of benzene rings is 2. The second-order valence-electron chi connectivity index (χ2n) is 4.87. The minimum atomic E-state index is 0.761. The summed E-state index contributed by atoms with van der Waals surface area (Å²) < 4.78 is 1.55. The molecule has 0 N–H and O–H groups in total. The van der Waals surface area contributed by atoms with Crippen molar-refractivity contribution < 1.29 is 9.59 Å². The van der Waals surface area contributed by atoms with E-state index in [1.165, 1.54) is 23.3 Å². The van der Waals surface area contributed by atoms with E-state index in [1.54, 1.807) is 0 Å². The van der Waals surface area contributed by atoms with Crippen molar-refractivity contribution in [2.24, 2.45) is 0 Å². The van der Waals surface area contributed by atoms with Gasteiger partial charge in [-0.25, -0.2) is 0 Å². The summed E-state index contributed by atoms with van der Waals surface area (Å²) in [5, 5.41) is 0. The molecule has 0 amide bonds. The fourth-order valence-electron chi connectivity index (χ4n) is 2.11. The van der Waals surface area contributed by atoms with Crippen LogP contribution in [0.4, 0.5) is 0 Å². The Morgan fingerprint density at radius 1 is 0.696 bits per heavy atom. The molecule has 0 saturated carbocycles. The average molecular weight is 434 g/mol. The van der Waals surface area contributed by atoms with Gasteiger partial charge in [-0.05, 0) is 40.8 Å². The van der Waals surface area contributed by atoms with Gasteiger partial charge in [0.05, 0.1) is 0 Å². The molecule has 0 fully saturated rings. The Balaban J connectivity index is 2.10. The highest BCUT2D eigenvalue weighted by Crippen LogP contribution is 2.23. The molecule has 2 aromatic carbocycles. The number of hydrogen-bond acceptors (Lipinski definition) is 2. The maximum Gasteiger partial charge on any atom is 0.143 e. The predicted octanol–water partition coefficient (Wildman–Crippen LogP) is 5.15. The molecule has 23 heavy (non-hydrogen) atoms. The summed E-state index contributed by atoms with van der Waals surface area (Å²) in [4.78, 5) is 21.0. The molecule has 0 aliphatic carbocycles. The highest BCUT2D eigenvalue weighted by Gasteiger charge is 2.01. The number of allylic oxidation sites excluding steroid dienone is 2. The molecule has 0 bridgehead atoms. The Hall–Kier alpha value is -1.78. The van der Waals surface area contributed by atoms with E-state index in [0.717, 1.165) is 39.1 Å². The van der Waals surface area contributed by atoms with Crippen LogP contribution in [0.2, 0.25) is 0 Å². The van der Waals surface area contributed by atoms with Crippen LogP contribution < -0.4 is 0 Å². The molecule has 0 aliphatic rings. The Labute approximate surface area is 152 Å². The van der Waals surface area contributed by atoms with Crippen molar-refractivity contribution in [3.05, 3.63) is 82.9 Å². The first kappa shape index (κ1) is 17.6. The number of rotatable bonds is 6. The topological polar surface area (TPSA) is 34.1 Å². The minimum Gasteiger partial charge on any atom is -0.299 e. The van der Waals surface area contributed by atoms with Crippen molar-refractivity contribution in [3.8, 4) is 0 Å². The van der Waals surface area contributed by atoms with Gasteiger partial charge in [0.25, 0.3) is 0 Å². The lowest BCUT2D eigenvalue weighted by Gasteiger charge is -2.05. The van der Waals surface area contributed by atoms with Crippen LogP contribution in [0.1, 0.15) is 22.3 Å². The van der Waals surface area contributed by atoms with E-state index in [-0.39, 0.29) is 0 Å². The highest BCUT2D eigenvalue weighted by atomic mass is 79.9. The molecule has 0 radical (unpaired) electrons. The zero-order chi connectivity index (χ0) is 16.7. The first-order valence-corrected chi connectivity index (χ1v) is 8.53. The molecule has 0 aliphatic heterocycles. The van der Waals surface area contributed by atoms with E-state index in [2.05, 4.69) is 31.9 Å². The number of carbonyl (C=O) groups is 2. The zero-order valence-electron chi connectivity index (χ0n) is 12.2. The lowest BCUT2D eigenvalue weighted by atomic mass is 10.0. The molecule has 0 spiro atoms. The second kappa shape index (κ2) is 8.75. The van der Waals surface area contributed by atoms with Gasteiger partial charge in [-0.2, -0.15) is 0 Å². The maximum absolute atomic E-state index is 10.5. The molecule has 0 saturated heterocycles. The van der Waals surface area contributed by atoms with Gasteiger partial charge in [0, 0.05) is 8.96 Å². The second-order valence-corrected chi connectivity index (χ2v) is 6.58. The number of aldehydes is 2. The summed E-state index contributed by atoms with van der Waals surface area (Å²) in [6.45, 7) is 0. The van der Waals surface area contributed by atoms with Crippen LogP contribution in [0.3, 0.4) is 0 Å². The molecular weight excluding hydrogens is 420 g/mol. The van der Waals surface area contributed by atoms with E-state index < -0.39 is 0 Å². The van der Waals surface area contributed by atoms with Crippen LogP contribution >= 0.6 is 31.9 Å². The number of carbonyl (C=O) groups excluding carboxylic acids is 2. The summed E-state index contributed by atoms with van der Waals surface area (Å²) in [6, 6.07) is 16.1. The lowest BCUT2D eigenvalue weighted by Crippen LogP contribution is -1.89. The third-order valence-electron chi connectivity index (χ3n) is 3.30. The lowest BCUT2D eigenvalue weighted by molar-refractivity contribution is -0.104. The Kier molecular flexibility index (Phi) is 6.68. The SMILES string of the molecule is O=C/C=C(\Br)c1ccc(Cc2ccc(/C(Br)=C/C=O)cc2)cc1. The van der Waals surface area contributed by atoms with Crippen LogP contribution in [0.5, 0.6) is 0 Å². The summed E-state index contributed by atoms with van der Waals surface area (Å²) >= 11 is 6.73. The number of hydrogen-bond donors (Lipinski definition) is 0. The van der Waals surface area contributed by atoms with Crippen LogP contribution in [-0.4, -0.2) is 12.6 Å². The molecule has 2 nitrogen and oxygen atoms in total. The van der Waals surface area contributed by atoms with Gasteiger partial charge >= 0.3 is 0 Å². The van der Waals surface area contributed by atoms with Gasteiger partial charge in [0.1, 0.15) is 12.6 Å². The van der Waals surface area contributed by atoms with Gasteiger partial charge in [-0.1, -0.05) is 80.4 Å². The summed E-state index contributed by atoms with van der Waals surface area (Å²) in [7, 11) is 0. The van der Waals surface area contributed by atoms with Crippen molar-refractivity contribution in [3.63, 3.8) is 0 Å². The van der Waals surface area contributed by atoms with Crippen LogP contribution in [0, 0.1) is 0 Å². The first-order valence-electron chi connectivity index (χ1n) is 6.94. The third-order valence-corrected chi connectivity index (χ3v) is 4.74. The van der Waals surface area contributed by atoms with Crippen molar-refractivity contribution in [2.75, 3.05) is 0 Å². The van der Waals surface area contributed by atoms with E-state index in [0.29, 0.717) is 0 Å². The Bertz CT molecular complexity index is 676. The summed E-state index contributed by atoms with van der Waals surface area (Å²) in [5.41, 5.74) is 4.32. The van der Waals surface area contributed by atoms with Crippen molar-refractivity contribution in [2.45, 2.75) is 6.42 Å². The first-order chi connectivity index (χ1) is 11.1. The molecule has 2 rings (SSSR count). The average Bonchev–Trinajstić information content (AvgIpc) is 2.56. The quantitative estimate of drug-likeness (QED) is 0.466. The smallest absolute Gasteiger partial charge is 0.143 e. The number of halogens is 2. The van der Waals surface area contributed by atoms with Crippen LogP contribution in [-0.2, 0) is 16.0 Å². The zero-order valence-corrected chi connectivity index (χ0v) is 15.4. The largest absolute Gasteiger partial charge is 0.299 e. The molecule has 4 heteroatoms. The fraction of sp³-hybridized carbons (Fsp3) is 0.0526. The van der Waals surface area contributed by atoms with E-state index in [4.69, 9.17) is 0 Å². The monoisotopic (exact) mass is 432 g/mol. The molecule has 0 unspecified atom stereocenters. The molecular formula is C19H14Br2O2. The Morgan fingerprint density at radius 3 is 1.35 bits per heavy atom. The van der Waals surface area contributed by atoms with Gasteiger partial charge in [0.2, 0.25) is 0 Å². The van der Waals surface area contributed by atoms with Gasteiger partial charge in [-0.15, -0.1) is 0 Å². The maximum atomic E-state index is 10.5. The third kappa shape index (κ3) is 5.12. The minimum absolute atomic E-state index is 0.761. The van der Waals surface area contributed by atoms with Crippen molar-refractivity contribution >= 4 is 53.4 Å². The highest BCUT2D eigenvalue weighted by molar-refractivity contribution is 9.15. The molecule has 2 aromatic rings. The van der Waals surface area contributed by atoms with Crippen LogP contribution in [0.25, 0.3) is 8.96 Å². The van der Waals surface area contributed by atoms with Crippen molar-refractivity contribution in [1.29, 1.82) is 0 Å². The van der Waals surface area contributed by atoms with Gasteiger partial charge < -0.3 is 0 Å².